The highest BCUT2D eigenvalue weighted by Crippen LogP contribution is 2.29. The van der Waals surface area contributed by atoms with Gasteiger partial charge in [-0.05, 0) is 43.2 Å². The first-order valence-corrected chi connectivity index (χ1v) is 9.66. The second kappa shape index (κ2) is 7.56. The number of aryl methyl sites for hydroxylation is 1. The van der Waals surface area contributed by atoms with Gasteiger partial charge in [0.15, 0.2) is 5.65 Å². The smallest absolute Gasteiger partial charge is 0.321 e. The molecule has 1 N–H and O–H groups in total. The number of likely N-dealkylation sites (tertiary alicyclic amines) is 1. The molecule has 1 aromatic carbocycles. The van der Waals surface area contributed by atoms with E-state index in [4.69, 9.17) is 16.6 Å². The number of imidazole rings is 1. The van der Waals surface area contributed by atoms with Crippen molar-refractivity contribution < 1.29 is 4.79 Å². The molecule has 0 unspecified atom stereocenters. The minimum atomic E-state index is -0.101. The lowest BCUT2D eigenvalue weighted by Gasteiger charge is -2.18. The molecule has 1 aliphatic rings. The van der Waals surface area contributed by atoms with Crippen molar-refractivity contribution >= 4 is 34.5 Å². The van der Waals surface area contributed by atoms with Crippen LogP contribution < -0.4 is 5.32 Å². The summed E-state index contributed by atoms with van der Waals surface area (Å²) < 4.78 is 2.21. The largest absolute Gasteiger partial charge is 0.324 e. The van der Waals surface area contributed by atoms with Crippen LogP contribution in [0.4, 0.5) is 10.5 Å². The highest BCUT2D eigenvalue weighted by atomic mass is 35.5. The second-order valence-corrected chi connectivity index (χ2v) is 7.28. The number of carbonyl (C=O) groups is 1. The molecule has 140 valence electrons. The van der Waals surface area contributed by atoms with Gasteiger partial charge < -0.3 is 14.8 Å². The van der Waals surface area contributed by atoms with Gasteiger partial charge in [-0.2, -0.15) is 0 Å². The van der Waals surface area contributed by atoms with Crippen molar-refractivity contribution in [2.45, 2.75) is 32.2 Å². The maximum absolute atomic E-state index is 12.6. The maximum Gasteiger partial charge on any atom is 0.321 e. The number of anilines is 1. The number of carbonyl (C=O) groups excluding carboxylic acids is 1. The Bertz CT molecular complexity index is 970. The van der Waals surface area contributed by atoms with E-state index in [0.29, 0.717) is 23.8 Å². The monoisotopic (exact) mass is 383 g/mol. The van der Waals surface area contributed by atoms with Gasteiger partial charge in [0.05, 0.1) is 0 Å². The zero-order chi connectivity index (χ0) is 18.8. The van der Waals surface area contributed by atoms with Gasteiger partial charge in [0.25, 0.3) is 0 Å². The molecule has 6 nitrogen and oxygen atoms in total. The minimum absolute atomic E-state index is 0.101. The number of amides is 2. The Labute approximate surface area is 163 Å². The summed E-state index contributed by atoms with van der Waals surface area (Å²) in [5, 5.41) is 3.53. The van der Waals surface area contributed by atoms with E-state index < -0.39 is 0 Å². The zero-order valence-corrected chi connectivity index (χ0v) is 16.0. The molecular formula is C20H22ClN5O. The van der Waals surface area contributed by atoms with Crippen molar-refractivity contribution in [2.24, 2.45) is 0 Å². The van der Waals surface area contributed by atoms with Gasteiger partial charge in [-0.25, -0.2) is 14.8 Å². The fourth-order valence-electron chi connectivity index (χ4n) is 3.66. The zero-order valence-electron chi connectivity index (χ0n) is 15.2. The standard InChI is InChI=1S/C20H22ClN5O/c1-2-10-26-18(24-17-7-4-9-22-19(17)26)14-8-11-25(13-14)20(27)23-16-6-3-5-15(21)12-16/h3-7,9,12,14H,2,8,10-11,13H2,1H3,(H,23,27)/t14-/m1/s1. The lowest BCUT2D eigenvalue weighted by atomic mass is 10.1. The summed E-state index contributed by atoms with van der Waals surface area (Å²) in [7, 11) is 0. The molecule has 0 spiro atoms. The number of hydrogen-bond acceptors (Lipinski definition) is 3. The quantitative estimate of drug-likeness (QED) is 0.720. The topological polar surface area (TPSA) is 63.1 Å². The van der Waals surface area contributed by atoms with Crippen LogP contribution in [0, 0.1) is 0 Å². The minimum Gasteiger partial charge on any atom is -0.324 e. The van der Waals surface area contributed by atoms with Crippen LogP contribution >= 0.6 is 11.6 Å². The number of aromatic nitrogens is 3. The van der Waals surface area contributed by atoms with Crippen LogP contribution in [0.5, 0.6) is 0 Å². The van der Waals surface area contributed by atoms with Crippen LogP contribution in [0.2, 0.25) is 5.02 Å². The summed E-state index contributed by atoms with van der Waals surface area (Å²) in [6.45, 7) is 4.39. The van der Waals surface area contributed by atoms with Gasteiger partial charge in [-0.3, -0.25) is 0 Å². The Hall–Kier alpha value is -2.60. The molecule has 27 heavy (non-hydrogen) atoms. The number of nitrogens with one attached hydrogen (secondary N) is 1. The van der Waals surface area contributed by atoms with Crippen LogP contribution in [0.3, 0.4) is 0 Å². The molecule has 2 amide bonds. The number of fused-ring (bicyclic) bond motifs is 1. The maximum atomic E-state index is 12.6. The normalized spacial score (nSPS) is 16.8. The Morgan fingerprint density at radius 3 is 3.04 bits per heavy atom. The first-order chi connectivity index (χ1) is 13.2. The van der Waals surface area contributed by atoms with Gasteiger partial charge in [-0.1, -0.05) is 24.6 Å². The number of halogens is 1. The highest BCUT2D eigenvalue weighted by molar-refractivity contribution is 6.30. The summed E-state index contributed by atoms with van der Waals surface area (Å²) >= 11 is 6.00. The van der Waals surface area contributed by atoms with Crippen molar-refractivity contribution in [3.63, 3.8) is 0 Å². The van der Waals surface area contributed by atoms with E-state index in [2.05, 4.69) is 21.8 Å². The summed E-state index contributed by atoms with van der Waals surface area (Å²) in [5.74, 6) is 1.25. The third kappa shape index (κ3) is 3.62. The lowest BCUT2D eigenvalue weighted by Crippen LogP contribution is -2.33. The van der Waals surface area contributed by atoms with Gasteiger partial charge >= 0.3 is 6.03 Å². The fourth-order valence-corrected chi connectivity index (χ4v) is 3.85. The SMILES string of the molecule is CCCn1c([C@@H]2CCN(C(=O)Nc3cccc(Cl)c3)C2)nc2cccnc21. The van der Waals surface area contributed by atoms with E-state index in [1.54, 1.807) is 18.3 Å². The summed E-state index contributed by atoms with van der Waals surface area (Å²) in [4.78, 5) is 23.8. The van der Waals surface area contributed by atoms with E-state index in [9.17, 15) is 4.79 Å². The fraction of sp³-hybridized carbons (Fsp3) is 0.350. The number of nitrogens with zero attached hydrogens (tertiary/aromatic N) is 4. The van der Waals surface area contributed by atoms with Crippen LogP contribution in [-0.4, -0.2) is 38.6 Å². The molecule has 1 fully saturated rings. The van der Waals surface area contributed by atoms with Crippen LogP contribution in [0.25, 0.3) is 11.2 Å². The number of rotatable bonds is 4. The average Bonchev–Trinajstić information content (AvgIpc) is 3.27. The van der Waals surface area contributed by atoms with Crippen molar-refractivity contribution in [2.75, 3.05) is 18.4 Å². The predicted molar refractivity (Wildman–Crippen MR) is 107 cm³/mol. The van der Waals surface area contributed by atoms with Crippen LogP contribution in [0.15, 0.2) is 42.6 Å². The van der Waals surface area contributed by atoms with E-state index in [1.807, 2.05) is 29.2 Å². The van der Waals surface area contributed by atoms with Gasteiger partial charge in [0.2, 0.25) is 0 Å². The van der Waals surface area contributed by atoms with Crippen molar-refractivity contribution in [3.8, 4) is 0 Å². The van der Waals surface area contributed by atoms with Crippen molar-refractivity contribution in [1.29, 1.82) is 0 Å². The molecule has 0 saturated carbocycles. The number of benzene rings is 1. The average molecular weight is 384 g/mol. The molecule has 7 heteroatoms. The molecule has 1 aliphatic heterocycles. The molecule has 3 heterocycles. The van der Waals surface area contributed by atoms with Gasteiger partial charge in [0.1, 0.15) is 11.3 Å². The molecule has 3 aromatic rings. The van der Waals surface area contributed by atoms with Gasteiger partial charge in [-0.15, -0.1) is 0 Å². The van der Waals surface area contributed by atoms with Crippen molar-refractivity contribution in [3.05, 3.63) is 53.4 Å². The molecule has 4 rings (SSSR count). The van der Waals surface area contributed by atoms with E-state index >= 15 is 0 Å². The van der Waals surface area contributed by atoms with Gasteiger partial charge in [0, 0.05) is 42.5 Å². The van der Waals surface area contributed by atoms with E-state index in [1.165, 1.54) is 0 Å². The lowest BCUT2D eigenvalue weighted by molar-refractivity contribution is 0.222. The third-order valence-corrected chi connectivity index (χ3v) is 5.13. The number of urea groups is 1. The Morgan fingerprint density at radius 1 is 1.33 bits per heavy atom. The summed E-state index contributed by atoms with van der Waals surface area (Å²) in [6, 6.07) is 11.0. The molecule has 2 aromatic heterocycles. The molecule has 0 bridgehead atoms. The Balaban J connectivity index is 1.52. The molecule has 1 atom stereocenters. The molecule has 0 radical (unpaired) electrons. The molecule has 1 saturated heterocycles. The Kier molecular flexibility index (Phi) is 4.99. The van der Waals surface area contributed by atoms with Crippen LogP contribution in [-0.2, 0) is 6.54 Å². The first kappa shape index (κ1) is 17.8. The molecular weight excluding hydrogens is 362 g/mol. The summed E-state index contributed by atoms with van der Waals surface area (Å²) in [5.41, 5.74) is 2.55. The van der Waals surface area contributed by atoms with E-state index in [-0.39, 0.29) is 11.9 Å². The predicted octanol–water partition coefficient (Wildman–Crippen LogP) is 4.52. The first-order valence-electron chi connectivity index (χ1n) is 9.28. The van der Waals surface area contributed by atoms with Crippen molar-refractivity contribution in [1.82, 2.24) is 19.4 Å². The second-order valence-electron chi connectivity index (χ2n) is 6.84. The summed E-state index contributed by atoms with van der Waals surface area (Å²) in [6.07, 6.45) is 3.72. The third-order valence-electron chi connectivity index (χ3n) is 4.90. The van der Waals surface area contributed by atoms with E-state index in [0.717, 1.165) is 36.4 Å². The number of hydrogen-bond donors (Lipinski definition) is 1. The molecule has 0 aliphatic carbocycles. The number of pyridine rings is 1. The Morgan fingerprint density at radius 2 is 2.22 bits per heavy atom. The van der Waals surface area contributed by atoms with Crippen LogP contribution in [0.1, 0.15) is 31.5 Å². The highest BCUT2D eigenvalue weighted by Gasteiger charge is 2.31.